The number of anilines is 1. The molecule has 3 heterocycles. The molecule has 4 rings (SSSR count). The Balaban J connectivity index is 1.64. The number of benzene rings is 1. The fourth-order valence-electron chi connectivity index (χ4n) is 3.82. The number of nitrogens with one attached hydrogen (secondary N) is 1. The van der Waals surface area contributed by atoms with Crippen molar-refractivity contribution in [3.05, 3.63) is 47.8 Å². The molecular weight excluding hydrogens is 304 g/mol. The average Bonchev–Trinajstić information content (AvgIpc) is 3.21. The molecule has 0 bridgehead atoms. The van der Waals surface area contributed by atoms with Gasteiger partial charge < -0.3 is 10.2 Å². The second-order valence-corrected chi connectivity index (χ2v) is 6.53. The van der Waals surface area contributed by atoms with Crippen LogP contribution in [0.1, 0.15) is 42.3 Å². The van der Waals surface area contributed by atoms with Crippen molar-refractivity contribution < 1.29 is 9.59 Å². The van der Waals surface area contributed by atoms with Crippen molar-refractivity contribution in [1.82, 2.24) is 14.7 Å². The largest absolute Gasteiger partial charge is 0.335 e. The maximum Gasteiger partial charge on any atom is 0.231 e. The number of carbonyl (C=O) groups excluding carboxylic acids is 2. The van der Waals surface area contributed by atoms with Gasteiger partial charge in [0.05, 0.1) is 18.2 Å². The summed E-state index contributed by atoms with van der Waals surface area (Å²) in [6.07, 6.45) is 5.94. The zero-order valence-corrected chi connectivity index (χ0v) is 13.6. The molecule has 2 aliphatic heterocycles. The summed E-state index contributed by atoms with van der Waals surface area (Å²) in [5.74, 6) is -0.444. The maximum atomic E-state index is 13.2. The highest BCUT2D eigenvalue weighted by Gasteiger charge is 2.38. The van der Waals surface area contributed by atoms with Gasteiger partial charge in [0, 0.05) is 37.5 Å². The van der Waals surface area contributed by atoms with Gasteiger partial charge in [0.2, 0.25) is 11.8 Å². The van der Waals surface area contributed by atoms with E-state index in [0.29, 0.717) is 0 Å². The Morgan fingerprint density at radius 1 is 1.33 bits per heavy atom. The number of aromatic nitrogens is 2. The summed E-state index contributed by atoms with van der Waals surface area (Å²) in [4.78, 5) is 27.2. The van der Waals surface area contributed by atoms with Crippen molar-refractivity contribution in [3.8, 4) is 0 Å². The predicted octanol–water partition coefficient (Wildman–Crippen LogP) is 2.21. The van der Waals surface area contributed by atoms with Crippen molar-refractivity contribution in [3.63, 3.8) is 0 Å². The first-order chi connectivity index (χ1) is 11.6. The van der Waals surface area contributed by atoms with Crippen LogP contribution in [-0.4, -0.2) is 33.0 Å². The fraction of sp³-hybridized carbons (Fsp3) is 0.389. The minimum Gasteiger partial charge on any atom is -0.335 e. The SMILES string of the molecule is Cn1cc([C@H]2CCCN2C(=O)[C@H]2CC(=O)Nc3ccccc32)cn1. The van der Waals surface area contributed by atoms with Crippen LogP contribution in [0.15, 0.2) is 36.7 Å². The molecule has 0 spiro atoms. The predicted molar refractivity (Wildman–Crippen MR) is 89.3 cm³/mol. The fourth-order valence-corrected chi connectivity index (χ4v) is 3.82. The monoisotopic (exact) mass is 324 g/mol. The summed E-state index contributed by atoms with van der Waals surface area (Å²) in [6.45, 7) is 0.735. The van der Waals surface area contributed by atoms with Gasteiger partial charge in [-0.2, -0.15) is 5.10 Å². The highest BCUT2D eigenvalue weighted by Crippen LogP contribution is 2.38. The molecule has 0 unspecified atom stereocenters. The number of aryl methyl sites for hydroxylation is 1. The number of nitrogens with zero attached hydrogens (tertiary/aromatic N) is 3. The molecule has 6 nitrogen and oxygen atoms in total. The van der Waals surface area contributed by atoms with Gasteiger partial charge in [-0.1, -0.05) is 18.2 Å². The molecule has 1 aromatic heterocycles. The summed E-state index contributed by atoms with van der Waals surface area (Å²) in [5.41, 5.74) is 2.74. The molecule has 0 radical (unpaired) electrons. The van der Waals surface area contributed by atoms with Gasteiger partial charge in [-0.15, -0.1) is 0 Å². The van der Waals surface area contributed by atoms with Crippen LogP contribution in [0.2, 0.25) is 0 Å². The van der Waals surface area contributed by atoms with Gasteiger partial charge in [0.1, 0.15) is 0 Å². The van der Waals surface area contributed by atoms with E-state index in [4.69, 9.17) is 0 Å². The van der Waals surface area contributed by atoms with Gasteiger partial charge >= 0.3 is 0 Å². The summed E-state index contributed by atoms with van der Waals surface area (Å²) in [7, 11) is 1.88. The lowest BCUT2D eigenvalue weighted by Gasteiger charge is -2.31. The van der Waals surface area contributed by atoms with Gasteiger partial charge in [-0.05, 0) is 24.5 Å². The number of fused-ring (bicyclic) bond motifs is 1. The minimum atomic E-state index is -0.396. The van der Waals surface area contributed by atoms with Crippen LogP contribution in [0.4, 0.5) is 5.69 Å². The number of amides is 2. The zero-order chi connectivity index (χ0) is 16.7. The molecule has 1 saturated heterocycles. The Labute approximate surface area is 140 Å². The van der Waals surface area contributed by atoms with E-state index >= 15 is 0 Å². The van der Waals surface area contributed by atoms with Crippen molar-refractivity contribution >= 4 is 17.5 Å². The van der Waals surface area contributed by atoms with Gasteiger partial charge in [0.25, 0.3) is 0 Å². The Morgan fingerprint density at radius 2 is 2.17 bits per heavy atom. The van der Waals surface area contributed by atoms with Crippen molar-refractivity contribution in [2.75, 3.05) is 11.9 Å². The first-order valence-electron chi connectivity index (χ1n) is 8.31. The number of likely N-dealkylation sites (tertiary alicyclic amines) is 1. The first-order valence-corrected chi connectivity index (χ1v) is 8.31. The molecular formula is C18H20N4O2. The van der Waals surface area contributed by atoms with E-state index in [9.17, 15) is 9.59 Å². The lowest BCUT2D eigenvalue weighted by molar-refractivity contribution is -0.135. The number of rotatable bonds is 2. The highest BCUT2D eigenvalue weighted by atomic mass is 16.2. The molecule has 0 aliphatic carbocycles. The van der Waals surface area contributed by atoms with Crippen LogP contribution in [-0.2, 0) is 16.6 Å². The summed E-state index contributed by atoms with van der Waals surface area (Å²) >= 11 is 0. The lowest BCUT2D eigenvalue weighted by Crippen LogP contribution is -2.38. The smallest absolute Gasteiger partial charge is 0.231 e. The molecule has 1 fully saturated rings. The molecule has 2 atom stereocenters. The van der Waals surface area contributed by atoms with E-state index in [-0.39, 0.29) is 24.3 Å². The molecule has 0 saturated carbocycles. The molecule has 2 aromatic rings. The molecule has 124 valence electrons. The molecule has 6 heteroatoms. The molecule has 1 N–H and O–H groups in total. The summed E-state index contributed by atoms with van der Waals surface area (Å²) in [5, 5.41) is 7.09. The molecule has 1 aromatic carbocycles. The molecule has 2 aliphatic rings. The number of para-hydroxylation sites is 1. The average molecular weight is 324 g/mol. The topological polar surface area (TPSA) is 67.2 Å². The Kier molecular flexibility index (Phi) is 3.59. The third-order valence-electron chi connectivity index (χ3n) is 4.94. The normalized spacial score (nSPS) is 23.0. The van der Waals surface area contributed by atoms with Crippen LogP contribution in [0.3, 0.4) is 0 Å². The van der Waals surface area contributed by atoms with Crippen LogP contribution in [0.5, 0.6) is 0 Å². The second kappa shape index (κ2) is 5.78. The van der Waals surface area contributed by atoms with E-state index in [2.05, 4.69) is 10.4 Å². The number of hydrogen-bond donors (Lipinski definition) is 1. The van der Waals surface area contributed by atoms with Crippen LogP contribution < -0.4 is 5.32 Å². The maximum absolute atomic E-state index is 13.2. The summed E-state index contributed by atoms with van der Waals surface area (Å²) < 4.78 is 1.76. The number of hydrogen-bond acceptors (Lipinski definition) is 3. The van der Waals surface area contributed by atoms with E-state index in [1.54, 1.807) is 4.68 Å². The van der Waals surface area contributed by atoms with Crippen molar-refractivity contribution in [2.45, 2.75) is 31.2 Å². The van der Waals surface area contributed by atoms with Gasteiger partial charge in [0.15, 0.2) is 0 Å². The second-order valence-electron chi connectivity index (χ2n) is 6.53. The Bertz CT molecular complexity index is 798. The van der Waals surface area contributed by atoms with Crippen LogP contribution >= 0.6 is 0 Å². The van der Waals surface area contributed by atoms with Crippen molar-refractivity contribution in [2.24, 2.45) is 7.05 Å². The van der Waals surface area contributed by atoms with Crippen molar-refractivity contribution in [1.29, 1.82) is 0 Å². The highest BCUT2D eigenvalue weighted by molar-refractivity contribution is 6.01. The van der Waals surface area contributed by atoms with E-state index in [1.165, 1.54) is 0 Å². The third-order valence-corrected chi connectivity index (χ3v) is 4.94. The van der Waals surface area contributed by atoms with E-state index in [0.717, 1.165) is 36.2 Å². The molecule has 24 heavy (non-hydrogen) atoms. The first kappa shape index (κ1) is 14.9. The van der Waals surface area contributed by atoms with E-state index in [1.807, 2.05) is 48.6 Å². The standard InChI is InChI=1S/C18H20N4O2/c1-21-11-12(10-19-21)16-7-4-8-22(16)18(24)14-9-17(23)20-15-6-3-2-5-13(14)15/h2-3,5-6,10-11,14,16H,4,7-9H2,1H3,(H,20,23)/t14-,16+/m0/s1. The van der Waals surface area contributed by atoms with Crippen LogP contribution in [0, 0.1) is 0 Å². The summed E-state index contributed by atoms with van der Waals surface area (Å²) in [6, 6.07) is 7.64. The zero-order valence-electron chi connectivity index (χ0n) is 13.6. The quantitative estimate of drug-likeness (QED) is 0.921. The number of carbonyl (C=O) groups is 2. The van der Waals surface area contributed by atoms with Crippen LogP contribution in [0.25, 0.3) is 0 Å². The van der Waals surface area contributed by atoms with E-state index < -0.39 is 5.92 Å². The van der Waals surface area contributed by atoms with Gasteiger partial charge in [-0.25, -0.2) is 0 Å². The Hall–Kier alpha value is -2.63. The Morgan fingerprint density at radius 3 is 2.96 bits per heavy atom. The third kappa shape index (κ3) is 2.48. The molecule has 2 amide bonds. The lowest BCUT2D eigenvalue weighted by atomic mass is 9.89. The van der Waals surface area contributed by atoms with Gasteiger partial charge in [-0.3, -0.25) is 14.3 Å². The minimum absolute atomic E-state index is 0.0450.